The zero-order chi connectivity index (χ0) is 16.4. The predicted octanol–water partition coefficient (Wildman–Crippen LogP) is 2.01. The largest absolute Gasteiger partial charge is 0.338 e. The molecule has 0 aliphatic carbocycles. The molecule has 5 nitrogen and oxygen atoms in total. The molecule has 23 heavy (non-hydrogen) atoms. The van der Waals surface area contributed by atoms with Crippen LogP contribution in [0.15, 0.2) is 48.8 Å². The minimum Gasteiger partial charge on any atom is -0.338 e. The van der Waals surface area contributed by atoms with Crippen LogP contribution in [0.1, 0.15) is 16.8 Å². The van der Waals surface area contributed by atoms with Crippen LogP contribution in [0, 0.1) is 0 Å². The molecule has 1 aromatic heterocycles. The van der Waals surface area contributed by atoms with Gasteiger partial charge in [-0.15, -0.1) is 0 Å². The molecule has 3 rings (SSSR count). The van der Waals surface area contributed by atoms with E-state index in [0.29, 0.717) is 12.0 Å². The number of rotatable bonds is 3. The quantitative estimate of drug-likeness (QED) is 0.863. The van der Waals surface area contributed by atoms with Crippen LogP contribution in [-0.2, 0) is 9.84 Å². The van der Waals surface area contributed by atoms with Gasteiger partial charge < -0.3 is 4.90 Å². The van der Waals surface area contributed by atoms with Crippen LogP contribution in [-0.4, -0.2) is 48.8 Å². The monoisotopic (exact) mass is 330 g/mol. The number of amides is 1. The number of sulfone groups is 1. The predicted molar refractivity (Wildman–Crippen MR) is 88.8 cm³/mol. The fraction of sp³-hybridized carbons (Fsp3) is 0.294. The van der Waals surface area contributed by atoms with Gasteiger partial charge in [0.05, 0.1) is 17.1 Å². The lowest BCUT2D eigenvalue weighted by Gasteiger charge is -2.23. The Bertz CT molecular complexity index is 819. The van der Waals surface area contributed by atoms with Crippen molar-refractivity contribution in [2.24, 2.45) is 0 Å². The number of carbonyl (C=O) groups excluding carboxylic acids is 1. The topological polar surface area (TPSA) is 67.3 Å². The Labute approximate surface area is 135 Å². The first-order valence-electron chi connectivity index (χ1n) is 7.44. The Balaban J connectivity index is 1.83. The van der Waals surface area contributed by atoms with Crippen LogP contribution in [0.5, 0.6) is 0 Å². The number of pyridine rings is 1. The molecular weight excluding hydrogens is 312 g/mol. The van der Waals surface area contributed by atoms with Gasteiger partial charge in [-0.05, 0) is 18.1 Å². The molecule has 2 heterocycles. The van der Waals surface area contributed by atoms with Crippen molar-refractivity contribution in [1.82, 2.24) is 9.88 Å². The van der Waals surface area contributed by atoms with Gasteiger partial charge in [-0.25, -0.2) is 8.42 Å². The van der Waals surface area contributed by atoms with Crippen LogP contribution >= 0.6 is 0 Å². The highest BCUT2D eigenvalue weighted by atomic mass is 32.2. The van der Waals surface area contributed by atoms with E-state index in [4.69, 9.17) is 0 Å². The summed E-state index contributed by atoms with van der Waals surface area (Å²) in [5.41, 5.74) is 2.32. The minimum absolute atomic E-state index is 0.0427. The van der Waals surface area contributed by atoms with Gasteiger partial charge >= 0.3 is 0 Å². The standard InChI is InChI=1S/C17H18N2O3S/c1-19(16-7-8-23(21,22)12-16)17(20)15-9-14(10-18-11-15)13-5-3-2-4-6-13/h2-6,9-11,16H,7-8,12H2,1H3. The van der Waals surface area contributed by atoms with Crippen LogP contribution < -0.4 is 0 Å². The second-order valence-corrected chi connectivity index (χ2v) is 8.03. The van der Waals surface area contributed by atoms with Crippen molar-refractivity contribution in [2.45, 2.75) is 12.5 Å². The number of carbonyl (C=O) groups is 1. The molecule has 6 heteroatoms. The highest BCUT2D eigenvalue weighted by molar-refractivity contribution is 7.91. The van der Waals surface area contributed by atoms with Gasteiger partial charge in [0, 0.05) is 31.0 Å². The molecule has 1 atom stereocenters. The lowest BCUT2D eigenvalue weighted by atomic mass is 10.1. The summed E-state index contributed by atoms with van der Waals surface area (Å²) in [4.78, 5) is 18.3. The summed E-state index contributed by atoms with van der Waals surface area (Å²) in [7, 11) is -1.36. The highest BCUT2D eigenvalue weighted by Gasteiger charge is 2.33. The van der Waals surface area contributed by atoms with Crippen molar-refractivity contribution < 1.29 is 13.2 Å². The first-order valence-corrected chi connectivity index (χ1v) is 9.26. The average molecular weight is 330 g/mol. The second kappa shape index (κ2) is 6.12. The summed E-state index contributed by atoms with van der Waals surface area (Å²) in [5.74, 6) is -0.00378. The van der Waals surface area contributed by atoms with E-state index in [9.17, 15) is 13.2 Å². The molecule has 1 amide bonds. The van der Waals surface area contributed by atoms with Gasteiger partial charge in [-0.2, -0.15) is 0 Å². The lowest BCUT2D eigenvalue weighted by molar-refractivity contribution is 0.0747. The molecule has 0 radical (unpaired) electrons. The third kappa shape index (κ3) is 3.42. The van der Waals surface area contributed by atoms with Crippen molar-refractivity contribution in [3.63, 3.8) is 0 Å². The maximum atomic E-state index is 12.6. The third-order valence-electron chi connectivity index (χ3n) is 4.17. The average Bonchev–Trinajstić information content (AvgIpc) is 2.94. The fourth-order valence-electron chi connectivity index (χ4n) is 2.80. The summed E-state index contributed by atoms with van der Waals surface area (Å²) >= 11 is 0. The van der Waals surface area contributed by atoms with Crippen LogP contribution in [0.2, 0.25) is 0 Å². The van der Waals surface area contributed by atoms with E-state index in [1.54, 1.807) is 19.3 Å². The first kappa shape index (κ1) is 15.7. The van der Waals surface area contributed by atoms with Gasteiger partial charge in [0.2, 0.25) is 0 Å². The summed E-state index contributed by atoms with van der Waals surface area (Å²) < 4.78 is 23.2. The van der Waals surface area contributed by atoms with Crippen molar-refractivity contribution in [3.05, 3.63) is 54.4 Å². The van der Waals surface area contributed by atoms with E-state index >= 15 is 0 Å². The molecule has 1 saturated heterocycles. The molecule has 1 aromatic carbocycles. The molecule has 120 valence electrons. The Hall–Kier alpha value is -2.21. The normalized spacial score (nSPS) is 19.4. The molecule has 1 aliphatic rings. The molecule has 0 bridgehead atoms. The maximum Gasteiger partial charge on any atom is 0.255 e. The fourth-order valence-corrected chi connectivity index (χ4v) is 4.57. The van der Waals surface area contributed by atoms with Gasteiger partial charge in [-0.3, -0.25) is 9.78 Å². The van der Waals surface area contributed by atoms with Crippen molar-refractivity contribution >= 4 is 15.7 Å². The van der Waals surface area contributed by atoms with E-state index in [-0.39, 0.29) is 23.5 Å². The Kier molecular flexibility index (Phi) is 4.17. The van der Waals surface area contributed by atoms with E-state index in [1.807, 2.05) is 30.3 Å². The maximum absolute atomic E-state index is 12.6. The Morgan fingerprint density at radius 3 is 2.57 bits per heavy atom. The van der Waals surface area contributed by atoms with Crippen molar-refractivity contribution in [1.29, 1.82) is 0 Å². The van der Waals surface area contributed by atoms with Crippen LogP contribution in [0.25, 0.3) is 11.1 Å². The summed E-state index contributed by atoms with van der Waals surface area (Å²) in [6, 6.07) is 11.2. The molecule has 1 fully saturated rings. The second-order valence-electron chi connectivity index (χ2n) is 5.80. The third-order valence-corrected chi connectivity index (χ3v) is 5.92. The highest BCUT2D eigenvalue weighted by Crippen LogP contribution is 2.22. The molecule has 0 saturated carbocycles. The smallest absolute Gasteiger partial charge is 0.255 e. The van der Waals surface area contributed by atoms with E-state index in [2.05, 4.69) is 4.98 Å². The van der Waals surface area contributed by atoms with Crippen LogP contribution in [0.4, 0.5) is 0 Å². The van der Waals surface area contributed by atoms with Gasteiger partial charge in [0.15, 0.2) is 9.84 Å². The summed E-state index contributed by atoms with van der Waals surface area (Å²) in [6.45, 7) is 0. The number of benzene rings is 1. The zero-order valence-electron chi connectivity index (χ0n) is 12.8. The van der Waals surface area contributed by atoms with Gasteiger partial charge in [-0.1, -0.05) is 30.3 Å². The van der Waals surface area contributed by atoms with E-state index in [1.165, 1.54) is 11.1 Å². The van der Waals surface area contributed by atoms with Crippen LogP contribution in [0.3, 0.4) is 0 Å². The SMILES string of the molecule is CN(C(=O)c1cncc(-c2ccccc2)c1)C1CCS(=O)(=O)C1. The zero-order valence-corrected chi connectivity index (χ0v) is 13.7. The number of hydrogen-bond donors (Lipinski definition) is 0. The molecule has 1 unspecified atom stereocenters. The molecular formula is C17H18N2O3S. The minimum atomic E-state index is -3.02. The van der Waals surface area contributed by atoms with E-state index < -0.39 is 9.84 Å². The number of nitrogens with zero attached hydrogens (tertiary/aromatic N) is 2. The first-order chi connectivity index (χ1) is 11.0. The molecule has 0 N–H and O–H groups in total. The van der Waals surface area contributed by atoms with Crippen molar-refractivity contribution in [3.8, 4) is 11.1 Å². The summed E-state index contributed by atoms with van der Waals surface area (Å²) in [5, 5.41) is 0. The number of hydrogen-bond acceptors (Lipinski definition) is 4. The van der Waals surface area contributed by atoms with E-state index in [0.717, 1.165) is 11.1 Å². The van der Waals surface area contributed by atoms with Gasteiger partial charge in [0.1, 0.15) is 0 Å². The van der Waals surface area contributed by atoms with Gasteiger partial charge in [0.25, 0.3) is 5.91 Å². The lowest BCUT2D eigenvalue weighted by Crippen LogP contribution is -2.37. The Morgan fingerprint density at radius 1 is 1.17 bits per heavy atom. The Morgan fingerprint density at radius 2 is 1.91 bits per heavy atom. The molecule has 2 aromatic rings. The van der Waals surface area contributed by atoms with Crippen molar-refractivity contribution in [2.75, 3.05) is 18.6 Å². The summed E-state index contributed by atoms with van der Waals surface area (Å²) in [6.07, 6.45) is 3.73. The molecule has 0 spiro atoms. The number of aromatic nitrogens is 1. The molecule has 1 aliphatic heterocycles.